The predicted molar refractivity (Wildman–Crippen MR) is 169 cm³/mol. The minimum absolute atomic E-state index is 0.0221. The number of aromatic nitrogens is 8. The fraction of sp³-hybridized carbons (Fsp3) is 0.125. The van der Waals surface area contributed by atoms with Crippen molar-refractivity contribution in [1.82, 2.24) is 39.5 Å². The van der Waals surface area contributed by atoms with E-state index in [4.69, 9.17) is 11.5 Å². The fourth-order valence-corrected chi connectivity index (χ4v) is 4.60. The SMILES string of the molecule is Cc1cn(-c2nnc(N)nc2-c2ccccc2)cc(C)c1=O.Cc1cn(-c2nnc(N)nc2-c2ccccc2)cc(C)c1=O. The van der Waals surface area contributed by atoms with Crippen molar-refractivity contribution >= 4 is 11.9 Å². The number of nitrogen functional groups attached to an aromatic ring is 2. The van der Waals surface area contributed by atoms with Gasteiger partial charge in [-0.3, -0.25) is 9.59 Å². The Balaban J connectivity index is 0.000000175. The van der Waals surface area contributed by atoms with Crippen LogP contribution >= 0.6 is 0 Å². The average molecular weight is 587 g/mol. The molecule has 0 aliphatic rings. The van der Waals surface area contributed by atoms with Gasteiger partial charge in [0.25, 0.3) is 0 Å². The Hall–Kier alpha value is -6.04. The van der Waals surface area contributed by atoms with Gasteiger partial charge >= 0.3 is 0 Å². The van der Waals surface area contributed by atoms with E-state index in [0.29, 0.717) is 45.3 Å². The van der Waals surface area contributed by atoms with Crippen LogP contribution in [0.2, 0.25) is 0 Å². The van der Waals surface area contributed by atoms with Crippen LogP contribution in [-0.4, -0.2) is 39.5 Å². The molecule has 44 heavy (non-hydrogen) atoms. The summed E-state index contributed by atoms with van der Waals surface area (Å²) in [5, 5.41) is 16.0. The summed E-state index contributed by atoms with van der Waals surface area (Å²) in [6, 6.07) is 19.2. The Kier molecular flexibility index (Phi) is 8.33. The smallest absolute Gasteiger partial charge is 0.240 e. The molecule has 0 atom stereocenters. The van der Waals surface area contributed by atoms with E-state index in [9.17, 15) is 9.59 Å². The van der Waals surface area contributed by atoms with E-state index in [2.05, 4.69) is 30.4 Å². The van der Waals surface area contributed by atoms with Crippen LogP contribution in [0.15, 0.2) is 95.0 Å². The Morgan fingerprint density at radius 3 is 1.14 bits per heavy atom. The molecule has 4 heterocycles. The van der Waals surface area contributed by atoms with Crippen LogP contribution in [0.4, 0.5) is 11.9 Å². The molecule has 12 nitrogen and oxygen atoms in total. The molecule has 12 heteroatoms. The predicted octanol–water partition coefficient (Wildman–Crippen LogP) is 3.78. The molecule has 0 aliphatic heterocycles. The number of nitrogens with zero attached hydrogens (tertiary/aromatic N) is 8. The molecular formula is C32H30N10O2. The van der Waals surface area contributed by atoms with E-state index < -0.39 is 0 Å². The summed E-state index contributed by atoms with van der Waals surface area (Å²) in [5.41, 5.74) is 17.0. The van der Waals surface area contributed by atoms with Gasteiger partial charge in [-0.15, -0.1) is 20.4 Å². The van der Waals surface area contributed by atoms with Gasteiger partial charge < -0.3 is 20.6 Å². The van der Waals surface area contributed by atoms with E-state index in [-0.39, 0.29) is 22.8 Å². The first-order valence-electron chi connectivity index (χ1n) is 13.6. The number of hydrogen-bond donors (Lipinski definition) is 2. The van der Waals surface area contributed by atoms with E-state index in [1.165, 1.54) is 0 Å². The summed E-state index contributed by atoms with van der Waals surface area (Å²) in [6.07, 6.45) is 6.90. The summed E-state index contributed by atoms with van der Waals surface area (Å²) in [5.74, 6) is 1.28. The summed E-state index contributed by atoms with van der Waals surface area (Å²) in [7, 11) is 0. The Labute approximate surface area is 252 Å². The molecule has 0 saturated heterocycles. The largest absolute Gasteiger partial charge is 0.366 e. The van der Waals surface area contributed by atoms with Gasteiger partial charge in [0.15, 0.2) is 22.5 Å². The molecule has 0 aliphatic carbocycles. The molecule has 4 aromatic heterocycles. The summed E-state index contributed by atoms with van der Waals surface area (Å²) in [6.45, 7) is 7.08. The van der Waals surface area contributed by atoms with Crippen LogP contribution in [-0.2, 0) is 0 Å². The lowest BCUT2D eigenvalue weighted by molar-refractivity contribution is 0.875. The topological polar surface area (TPSA) is 173 Å². The molecule has 220 valence electrons. The molecule has 0 bridgehead atoms. The molecule has 0 fully saturated rings. The van der Waals surface area contributed by atoms with Crippen molar-refractivity contribution in [2.24, 2.45) is 0 Å². The highest BCUT2D eigenvalue weighted by molar-refractivity contribution is 5.68. The van der Waals surface area contributed by atoms with Crippen LogP contribution < -0.4 is 22.3 Å². The van der Waals surface area contributed by atoms with E-state index in [1.54, 1.807) is 61.6 Å². The number of rotatable bonds is 4. The Bertz CT molecular complexity index is 1870. The van der Waals surface area contributed by atoms with Crippen LogP contribution in [0, 0.1) is 27.7 Å². The van der Waals surface area contributed by atoms with Gasteiger partial charge in [0.2, 0.25) is 11.9 Å². The fourth-order valence-electron chi connectivity index (χ4n) is 4.60. The van der Waals surface area contributed by atoms with Crippen molar-refractivity contribution in [2.75, 3.05) is 11.5 Å². The first-order chi connectivity index (χ1) is 21.1. The van der Waals surface area contributed by atoms with Gasteiger partial charge in [0.05, 0.1) is 0 Å². The molecular weight excluding hydrogens is 556 g/mol. The number of hydrogen-bond acceptors (Lipinski definition) is 10. The van der Waals surface area contributed by atoms with Gasteiger partial charge in [-0.1, -0.05) is 60.7 Å². The maximum absolute atomic E-state index is 11.9. The summed E-state index contributed by atoms with van der Waals surface area (Å²) >= 11 is 0. The molecule has 0 spiro atoms. The Morgan fingerprint density at radius 1 is 0.500 bits per heavy atom. The molecule has 4 N–H and O–H groups in total. The van der Waals surface area contributed by atoms with E-state index >= 15 is 0 Å². The van der Waals surface area contributed by atoms with Gasteiger partial charge in [-0.05, 0) is 27.7 Å². The highest BCUT2D eigenvalue weighted by Gasteiger charge is 2.14. The normalized spacial score (nSPS) is 10.6. The summed E-state index contributed by atoms with van der Waals surface area (Å²) < 4.78 is 3.52. The van der Waals surface area contributed by atoms with Crippen molar-refractivity contribution < 1.29 is 0 Å². The van der Waals surface area contributed by atoms with Crippen LogP contribution in [0.1, 0.15) is 22.3 Å². The van der Waals surface area contributed by atoms with E-state index in [0.717, 1.165) is 11.1 Å². The molecule has 0 unspecified atom stereocenters. The number of anilines is 2. The molecule has 0 amide bonds. The zero-order valence-corrected chi connectivity index (χ0v) is 24.6. The lowest BCUT2D eigenvalue weighted by Gasteiger charge is -2.12. The van der Waals surface area contributed by atoms with Crippen LogP contribution in [0.3, 0.4) is 0 Å². The second kappa shape index (κ2) is 12.4. The van der Waals surface area contributed by atoms with Gasteiger partial charge in [0.1, 0.15) is 11.4 Å². The minimum Gasteiger partial charge on any atom is -0.366 e. The van der Waals surface area contributed by atoms with Crippen molar-refractivity contribution in [3.8, 4) is 34.2 Å². The zero-order valence-electron chi connectivity index (χ0n) is 24.6. The maximum Gasteiger partial charge on any atom is 0.240 e. The Morgan fingerprint density at radius 2 is 0.818 bits per heavy atom. The van der Waals surface area contributed by atoms with Crippen LogP contribution in [0.25, 0.3) is 34.2 Å². The quantitative estimate of drug-likeness (QED) is 0.309. The average Bonchev–Trinajstić information content (AvgIpc) is 3.03. The van der Waals surface area contributed by atoms with Gasteiger partial charge in [-0.25, -0.2) is 9.97 Å². The standard InChI is InChI=1S/2C16H15N5O/c2*1-10-8-21(9-11(2)14(10)22)15-13(18-16(17)20-19-15)12-6-4-3-5-7-12/h2*3-9H,1-2H3,(H2,17,18,20). The maximum atomic E-state index is 11.9. The second-order valence-corrected chi connectivity index (χ2v) is 10.1. The van der Waals surface area contributed by atoms with Crippen molar-refractivity contribution in [1.29, 1.82) is 0 Å². The third kappa shape index (κ3) is 6.23. The molecule has 6 rings (SSSR count). The van der Waals surface area contributed by atoms with Gasteiger partial charge in [0, 0.05) is 58.2 Å². The lowest BCUT2D eigenvalue weighted by Crippen LogP contribution is -2.15. The third-order valence-electron chi connectivity index (χ3n) is 6.72. The molecule has 0 saturated carbocycles. The number of nitrogens with two attached hydrogens (primary N) is 2. The molecule has 0 radical (unpaired) electrons. The zero-order chi connectivity index (χ0) is 31.4. The van der Waals surface area contributed by atoms with E-state index in [1.807, 2.05) is 60.7 Å². The van der Waals surface area contributed by atoms with Crippen molar-refractivity contribution in [3.05, 3.63) is 128 Å². The number of benzene rings is 2. The highest BCUT2D eigenvalue weighted by atomic mass is 16.1. The van der Waals surface area contributed by atoms with Gasteiger partial charge in [-0.2, -0.15) is 0 Å². The number of aryl methyl sites for hydroxylation is 4. The van der Waals surface area contributed by atoms with Crippen molar-refractivity contribution in [3.63, 3.8) is 0 Å². The highest BCUT2D eigenvalue weighted by Crippen LogP contribution is 2.24. The third-order valence-corrected chi connectivity index (χ3v) is 6.72. The lowest BCUT2D eigenvalue weighted by atomic mass is 10.1. The van der Waals surface area contributed by atoms with Crippen LogP contribution in [0.5, 0.6) is 0 Å². The first-order valence-corrected chi connectivity index (χ1v) is 13.6. The number of pyridine rings is 2. The first kappa shape index (κ1) is 29.5. The molecule has 2 aromatic carbocycles. The second-order valence-electron chi connectivity index (χ2n) is 10.1. The summed E-state index contributed by atoms with van der Waals surface area (Å²) in [4.78, 5) is 32.4. The monoisotopic (exact) mass is 586 g/mol. The minimum atomic E-state index is 0.0221. The van der Waals surface area contributed by atoms with Crippen molar-refractivity contribution in [2.45, 2.75) is 27.7 Å². The molecule has 6 aromatic rings.